The van der Waals surface area contributed by atoms with Crippen molar-refractivity contribution in [2.45, 2.75) is 20.8 Å². The second-order valence-electron chi connectivity index (χ2n) is 5.77. The summed E-state index contributed by atoms with van der Waals surface area (Å²) in [6.45, 7) is 5.60. The van der Waals surface area contributed by atoms with Crippen molar-refractivity contribution < 1.29 is 9.90 Å². The van der Waals surface area contributed by atoms with E-state index in [1.807, 2.05) is 38.1 Å². The normalized spacial score (nSPS) is 11.2. The highest BCUT2D eigenvalue weighted by molar-refractivity contribution is 6.06. The first-order valence-electron chi connectivity index (χ1n) is 7.52. The summed E-state index contributed by atoms with van der Waals surface area (Å²) in [5.74, 6) is -0.511. The van der Waals surface area contributed by atoms with Crippen molar-refractivity contribution >= 4 is 17.9 Å². The molecule has 24 heavy (non-hydrogen) atoms. The van der Waals surface area contributed by atoms with Crippen LogP contribution < -0.4 is 11.1 Å². The molecule has 0 bridgehead atoms. The average Bonchev–Trinajstić information content (AvgIpc) is 2.48. The lowest BCUT2D eigenvalue weighted by Crippen LogP contribution is -2.36. The van der Waals surface area contributed by atoms with Crippen molar-refractivity contribution in [1.82, 2.24) is 5.32 Å². The smallest absolute Gasteiger partial charge is 0.253 e. The van der Waals surface area contributed by atoms with Gasteiger partial charge in [0.05, 0.1) is 0 Å². The minimum Gasteiger partial charge on any atom is -0.508 e. The molecule has 0 aromatic heterocycles. The Morgan fingerprint density at radius 3 is 2.46 bits per heavy atom. The molecule has 0 spiro atoms. The van der Waals surface area contributed by atoms with Gasteiger partial charge in [0.2, 0.25) is 0 Å². The Labute approximate surface area is 141 Å². The third-order valence-corrected chi connectivity index (χ3v) is 3.77. The van der Waals surface area contributed by atoms with E-state index >= 15 is 0 Å². The number of nitrogens with two attached hydrogens (primary N) is 1. The van der Waals surface area contributed by atoms with E-state index in [1.165, 1.54) is 0 Å². The van der Waals surface area contributed by atoms with Gasteiger partial charge in [-0.1, -0.05) is 24.3 Å². The summed E-state index contributed by atoms with van der Waals surface area (Å²) in [6.07, 6.45) is 1.76. The zero-order chi connectivity index (χ0) is 17.9. The fourth-order valence-corrected chi connectivity index (χ4v) is 2.50. The number of aromatic hydroxyl groups is 1. The predicted molar refractivity (Wildman–Crippen MR) is 96.7 cm³/mol. The number of nitrogens with one attached hydrogen (secondary N) is 2. The number of carbonyl (C=O) groups excluding carboxylic acids is 1. The molecule has 2 aromatic carbocycles. The number of phenols is 1. The Kier molecular flexibility index (Phi) is 5.04. The predicted octanol–water partition coefficient (Wildman–Crippen LogP) is 3.09. The summed E-state index contributed by atoms with van der Waals surface area (Å²) >= 11 is 0. The zero-order valence-corrected chi connectivity index (χ0v) is 14.0. The quantitative estimate of drug-likeness (QED) is 0.397. The van der Waals surface area contributed by atoms with Crippen LogP contribution in [0.2, 0.25) is 0 Å². The van der Waals surface area contributed by atoms with Gasteiger partial charge in [0.1, 0.15) is 5.75 Å². The molecule has 5 heteroatoms. The second-order valence-corrected chi connectivity index (χ2v) is 5.77. The van der Waals surface area contributed by atoms with Crippen LogP contribution in [0.25, 0.3) is 17.2 Å². The number of amides is 1. The summed E-state index contributed by atoms with van der Waals surface area (Å²) in [5.41, 5.74) is 10.7. The molecule has 2 aromatic rings. The van der Waals surface area contributed by atoms with E-state index in [1.54, 1.807) is 25.1 Å². The second kappa shape index (κ2) is 7.00. The van der Waals surface area contributed by atoms with Crippen LogP contribution >= 0.6 is 0 Å². The summed E-state index contributed by atoms with van der Waals surface area (Å²) in [6, 6.07) is 11.3. The molecule has 0 atom stereocenters. The number of guanidine groups is 1. The van der Waals surface area contributed by atoms with Gasteiger partial charge >= 0.3 is 0 Å². The van der Waals surface area contributed by atoms with Gasteiger partial charge < -0.3 is 10.8 Å². The first kappa shape index (κ1) is 17.3. The Balaban J connectivity index is 2.33. The van der Waals surface area contributed by atoms with E-state index in [-0.39, 0.29) is 17.6 Å². The van der Waals surface area contributed by atoms with Crippen LogP contribution in [0.5, 0.6) is 5.75 Å². The van der Waals surface area contributed by atoms with Crippen molar-refractivity contribution in [1.29, 1.82) is 5.41 Å². The minimum atomic E-state index is -0.389. The lowest BCUT2D eigenvalue weighted by molar-refractivity contribution is -0.116. The lowest BCUT2D eigenvalue weighted by Gasteiger charge is -2.10. The van der Waals surface area contributed by atoms with Crippen LogP contribution in [0.4, 0.5) is 0 Å². The summed E-state index contributed by atoms with van der Waals surface area (Å²) in [7, 11) is 0. The molecule has 0 radical (unpaired) electrons. The number of rotatable bonds is 3. The minimum absolute atomic E-state index is 0.250. The van der Waals surface area contributed by atoms with Crippen LogP contribution in [0, 0.1) is 19.3 Å². The molecule has 0 heterocycles. The van der Waals surface area contributed by atoms with E-state index in [2.05, 4.69) is 5.32 Å². The molecule has 5 nitrogen and oxygen atoms in total. The van der Waals surface area contributed by atoms with E-state index in [4.69, 9.17) is 11.1 Å². The topological polar surface area (TPSA) is 99.2 Å². The Hall–Kier alpha value is -3.08. The van der Waals surface area contributed by atoms with Crippen LogP contribution in [-0.2, 0) is 4.79 Å². The molecule has 0 unspecified atom stereocenters. The molecule has 0 saturated carbocycles. The third-order valence-electron chi connectivity index (χ3n) is 3.77. The molecule has 0 aliphatic carbocycles. The van der Waals surface area contributed by atoms with E-state index in [0.29, 0.717) is 5.57 Å². The highest BCUT2D eigenvalue weighted by atomic mass is 16.3. The lowest BCUT2D eigenvalue weighted by atomic mass is 9.96. The van der Waals surface area contributed by atoms with Gasteiger partial charge in [0, 0.05) is 5.57 Å². The highest BCUT2D eigenvalue weighted by Crippen LogP contribution is 2.28. The molecule has 124 valence electrons. The van der Waals surface area contributed by atoms with Crippen molar-refractivity contribution in [2.24, 2.45) is 5.73 Å². The maximum absolute atomic E-state index is 11.8. The van der Waals surface area contributed by atoms with Crippen LogP contribution in [0.3, 0.4) is 0 Å². The largest absolute Gasteiger partial charge is 0.508 e. The fourth-order valence-electron chi connectivity index (χ4n) is 2.50. The Morgan fingerprint density at radius 2 is 1.88 bits per heavy atom. The van der Waals surface area contributed by atoms with Crippen molar-refractivity contribution in [3.63, 3.8) is 0 Å². The van der Waals surface area contributed by atoms with Gasteiger partial charge in [-0.05, 0) is 66.8 Å². The molecular weight excluding hydrogens is 302 g/mol. The van der Waals surface area contributed by atoms with Gasteiger partial charge in [-0.25, -0.2) is 0 Å². The standard InChI is InChI=1S/C19H21N3O2/c1-11-8-15(17-7-6-16(23)10-12(17)2)5-4-14(11)9-13(3)18(24)22-19(20)21/h4-10,23H,1-3H3,(H4,20,21,22,24)/b13-9+. The molecule has 5 N–H and O–H groups in total. The van der Waals surface area contributed by atoms with Gasteiger partial charge in [-0.3, -0.25) is 15.5 Å². The molecule has 2 rings (SSSR count). The third kappa shape index (κ3) is 4.01. The average molecular weight is 323 g/mol. The maximum atomic E-state index is 11.8. The fraction of sp³-hybridized carbons (Fsp3) is 0.158. The number of carbonyl (C=O) groups is 1. The number of benzene rings is 2. The SMILES string of the molecule is C/C(=C\c1ccc(-c2ccc(O)cc2C)cc1C)C(=O)NC(=N)N. The van der Waals surface area contributed by atoms with Gasteiger partial charge in [-0.2, -0.15) is 0 Å². The summed E-state index contributed by atoms with van der Waals surface area (Å²) < 4.78 is 0. The van der Waals surface area contributed by atoms with Crippen LogP contribution in [0.15, 0.2) is 42.0 Å². The van der Waals surface area contributed by atoms with E-state index in [9.17, 15) is 9.90 Å². The molecule has 0 saturated heterocycles. The zero-order valence-electron chi connectivity index (χ0n) is 14.0. The van der Waals surface area contributed by atoms with Crippen molar-refractivity contribution in [3.8, 4) is 16.9 Å². The molecule has 0 aliphatic heterocycles. The number of hydrogen-bond donors (Lipinski definition) is 4. The van der Waals surface area contributed by atoms with E-state index in [0.717, 1.165) is 27.8 Å². The van der Waals surface area contributed by atoms with E-state index < -0.39 is 0 Å². The number of aryl methyl sites for hydroxylation is 2. The maximum Gasteiger partial charge on any atom is 0.253 e. The Morgan fingerprint density at radius 1 is 1.17 bits per heavy atom. The highest BCUT2D eigenvalue weighted by Gasteiger charge is 2.08. The molecule has 0 fully saturated rings. The van der Waals surface area contributed by atoms with Crippen LogP contribution in [-0.4, -0.2) is 17.0 Å². The van der Waals surface area contributed by atoms with Gasteiger partial charge in [0.15, 0.2) is 5.96 Å². The molecular formula is C19H21N3O2. The first-order valence-corrected chi connectivity index (χ1v) is 7.52. The summed E-state index contributed by atoms with van der Waals surface area (Å²) in [5, 5.41) is 18.9. The van der Waals surface area contributed by atoms with Gasteiger partial charge in [0.25, 0.3) is 5.91 Å². The first-order chi connectivity index (χ1) is 11.3. The number of phenolic OH excluding ortho intramolecular Hbond substituents is 1. The monoisotopic (exact) mass is 323 g/mol. The number of hydrogen-bond acceptors (Lipinski definition) is 3. The molecule has 0 aliphatic rings. The summed E-state index contributed by atoms with van der Waals surface area (Å²) in [4.78, 5) is 11.8. The Bertz CT molecular complexity index is 839. The molecule has 1 amide bonds. The van der Waals surface area contributed by atoms with Gasteiger partial charge in [-0.15, -0.1) is 0 Å². The van der Waals surface area contributed by atoms with Crippen molar-refractivity contribution in [2.75, 3.05) is 0 Å². The van der Waals surface area contributed by atoms with Crippen LogP contribution in [0.1, 0.15) is 23.6 Å². The van der Waals surface area contributed by atoms with Crippen molar-refractivity contribution in [3.05, 3.63) is 58.7 Å².